The average Bonchev–Trinajstić information content (AvgIpc) is 2.27. The molecule has 0 saturated heterocycles. The van der Waals surface area contributed by atoms with Gasteiger partial charge in [0.2, 0.25) is 0 Å². The summed E-state index contributed by atoms with van der Waals surface area (Å²) in [5, 5.41) is 14.6. The van der Waals surface area contributed by atoms with Gasteiger partial charge in [0.25, 0.3) is 0 Å². The van der Waals surface area contributed by atoms with Crippen molar-refractivity contribution >= 4 is 23.6 Å². The first-order valence-corrected chi connectivity index (χ1v) is 5.26. The molecule has 0 fully saturated rings. The summed E-state index contributed by atoms with van der Waals surface area (Å²) in [6, 6.07) is 3.25. The molecule has 0 spiro atoms. The summed E-state index contributed by atoms with van der Waals surface area (Å²) in [6.45, 7) is 0. The second-order valence-electron chi connectivity index (χ2n) is 3.78. The molecule has 1 heterocycles. The first-order chi connectivity index (χ1) is 8.65. The predicted molar refractivity (Wildman–Crippen MR) is 59.0 cm³/mol. The van der Waals surface area contributed by atoms with Crippen LogP contribution in [0.4, 0.5) is 13.2 Å². The van der Waals surface area contributed by atoms with Crippen molar-refractivity contribution in [3.05, 3.63) is 29.3 Å². The van der Waals surface area contributed by atoms with Gasteiger partial charge in [-0.25, -0.2) is 4.79 Å². The first-order valence-electron chi connectivity index (χ1n) is 4.88. The number of phenols is 1. The fourth-order valence-electron chi connectivity index (χ4n) is 1.61. The fourth-order valence-corrected chi connectivity index (χ4v) is 1.82. The number of phenolic OH excluding ortho intramolecular Hbond substituents is 1. The van der Waals surface area contributed by atoms with Gasteiger partial charge in [-0.2, -0.15) is 13.2 Å². The van der Waals surface area contributed by atoms with E-state index in [1.807, 2.05) is 0 Å². The summed E-state index contributed by atoms with van der Waals surface area (Å²) in [7, 11) is 0. The quantitative estimate of drug-likeness (QED) is 0.782. The second kappa shape index (κ2) is 4.06. The predicted octanol–water partition coefficient (Wildman–Crippen LogP) is 2.75. The van der Waals surface area contributed by atoms with Crippen LogP contribution in [0.3, 0.4) is 0 Å². The molecular formula is C11H6ClF3O4. The fraction of sp³-hybridized carbons (Fsp3) is 0.182. The summed E-state index contributed by atoms with van der Waals surface area (Å²) >= 11 is 5.32. The van der Waals surface area contributed by atoms with E-state index in [2.05, 4.69) is 4.74 Å². The molecular weight excluding hydrogens is 289 g/mol. The van der Waals surface area contributed by atoms with Gasteiger partial charge in [0.05, 0.1) is 0 Å². The van der Waals surface area contributed by atoms with Gasteiger partial charge in [-0.1, -0.05) is 11.6 Å². The van der Waals surface area contributed by atoms with Crippen LogP contribution in [0.1, 0.15) is 5.56 Å². The molecule has 1 aromatic rings. The number of rotatable bonds is 1. The third-order valence-corrected chi connectivity index (χ3v) is 2.98. The lowest BCUT2D eigenvalue weighted by molar-refractivity contribution is -0.204. The Morgan fingerprint density at radius 3 is 2.53 bits per heavy atom. The minimum Gasteiger partial charge on any atom is -0.508 e. The number of carboxylic acids is 1. The molecule has 0 aromatic heterocycles. The molecule has 1 atom stereocenters. The van der Waals surface area contributed by atoms with Gasteiger partial charge in [-0.3, -0.25) is 0 Å². The van der Waals surface area contributed by atoms with Crippen LogP contribution in [0.5, 0.6) is 11.5 Å². The maximum Gasteiger partial charge on any atom is 0.448 e. The number of fused-ring (bicyclic) bond motifs is 1. The van der Waals surface area contributed by atoms with E-state index in [1.165, 1.54) is 0 Å². The minimum atomic E-state index is -5.12. The molecule has 0 amide bonds. The van der Waals surface area contributed by atoms with Crippen LogP contribution in [-0.4, -0.2) is 27.4 Å². The van der Waals surface area contributed by atoms with Crippen molar-refractivity contribution in [3.63, 3.8) is 0 Å². The number of halogens is 4. The average molecular weight is 295 g/mol. The van der Waals surface area contributed by atoms with Gasteiger partial charge >= 0.3 is 17.2 Å². The van der Waals surface area contributed by atoms with Crippen LogP contribution in [-0.2, 0) is 4.79 Å². The summed E-state index contributed by atoms with van der Waals surface area (Å²) in [5.41, 5.74) is -1.17. The third kappa shape index (κ3) is 2.10. The molecule has 0 aliphatic carbocycles. The highest BCUT2D eigenvalue weighted by atomic mass is 35.5. The van der Waals surface area contributed by atoms with Crippen molar-refractivity contribution in [2.45, 2.75) is 11.2 Å². The summed E-state index contributed by atoms with van der Waals surface area (Å²) in [4.78, 5) is 10.9. The molecule has 0 radical (unpaired) electrons. The maximum atomic E-state index is 12.9. The number of ether oxygens (including phenoxy) is 1. The van der Waals surface area contributed by atoms with Gasteiger partial charge in [0.1, 0.15) is 17.1 Å². The van der Waals surface area contributed by atoms with Crippen molar-refractivity contribution in [1.82, 2.24) is 0 Å². The lowest BCUT2D eigenvalue weighted by Gasteiger charge is -2.34. The van der Waals surface area contributed by atoms with E-state index >= 15 is 0 Å². The minimum absolute atomic E-state index is 0.00192. The highest BCUT2D eigenvalue weighted by Gasteiger charge is 2.62. The Kier molecular flexibility index (Phi) is 2.89. The van der Waals surface area contributed by atoms with Gasteiger partial charge in [0.15, 0.2) is 0 Å². The summed E-state index contributed by atoms with van der Waals surface area (Å²) < 4.78 is 43.3. The maximum absolute atomic E-state index is 12.9. The molecule has 1 aliphatic rings. The first kappa shape index (κ1) is 13.5. The Morgan fingerprint density at radius 2 is 2.00 bits per heavy atom. The second-order valence-corrected chi connectivity index (χ2v) is 4.31. The Balaban J connectivity index is 2.65. The van der Waals surface area contributed by atoms with E-state index in [0.29, 0.717) is 0 Å². The van der Waals surface area contributed by atoms with Gasteiger partial charge in [0, 0.05) is 5.56 Å². The summed E-state index contributed by atoms with van der Waals surface area (Å²) in [6.07, 6.45) is -4.39. The van der Waals surface area contributed by atoms with E-state index in [-0.39, 0.29) is 17.1 Å². The Hall–Kier alpha value is -1.89. The van der Waals surface area contributed by atoms with Gasteiger partial charge < -0.3 is 14.9 Å². The largest absolute Gasteiger partial charge is 0.508 e. The molecule has 102 valence electrons. The topological polar surface area (TPSA) is 66.8 Å². The number of benzene rings is 1. The van der Waals surface area contributed by atoms with Crippen LogP contribution < -0.4 is 4.74 Å². The van der Waals surface area contributed by atoms with Crippen molar-refractivity contribution in [2.75, 3.05) is 0 Å². The molecule has 2 N–H and O–H groups in total. The van der Waals surface area contributed by atoms with E-state index in [9.17, 15) is 23.1 Å². The number of aliphatic carboxylic acids is 1. The standard InChI is InChI=1S/C11H6ClF3O4/c12-10(11(13,14)15)7(9(17)18)4-5-3-6(16)1-2-8(5)19-10/h1-4,16H,(H,17,18). The molecule has 1 aromatic carbocycles. The molecule has 4 nitrogen and oxygen atoms in total. The van der Waals surface area contributed by atoms with E-state index in [0.717, 1.165) is 24.3 Å². The number of hydrogen-bond acceptors (Lipinski definition) is 3. The molecule has 0 bridgehead atoms. The van der Waals surface area contributed by atoms with Crippen molar-refractivity contribution in [3.8, 4) is 11.5 Å². The third-order valence-electron chi connectivity index (χ3n) is 2.49. The Bertz CT molecular complexity index is 582. The van der Waals surface area contributed by atoms with Gasteiger partial charge in [-0.05, 0) is 24.3 Å². The number of hydrogen-bond donors (Lipinski definition) is 2. The smallest absolute Gasteiger partial charge is 0.448 e. The molecule has 8 heteroatoms. The Labute approximate surface area is 109 Å². The highest BCUT2D eigenvalue weighted by Crippen LogP contribution is 2.48. The molecule has 1 unspecified atom stereocenters. The molecule has 0 saturated carbocycles. The zero-order valence-corrected chi connectivity index (χ0v) is 9.79. The van der Waals surface area contributed by atoms with Crippen LogP contribution in [0.15, 0.2) is 23.8 Å². The van der Waals surface area contributed by atoms with Crippen molar-refractivity contribution < 1.29 is 32.9 Å². The number of carboxylic acid groups (broad SMARTS) is 1. The van der Waals surface area contributed by atoms with Gasteiger partial charge in [-0.15, -0.1) is 0 Å². The zero-order chi connectivity index (χ0) is 14.4. The van der Waals surface area contributed by atoms with Crippen LogP contribution >= 0.6 is 11.6 Å². The monoisotopic (exact) mass is 294 g/mol. The molecule has 1 aliphatic heterocycles. The molecule has 19 heavy (non-hydrogen) atoms. The van der Waals surface area contributed by atoms with Crippen LogP contribution in [0, 0.1) is 0 Å². The van der Waals surface area contributed by atoms with Crippen molar-refractivity contribution in [1.29, 1.82) is 0 Å². The normalized spacial score (nSPS) is 22.2. The highest BCUT2D eigenvalue weighted by molar-refractivity contribution is 6.29. The van der Waals surface area contributed by atoms with E-state index < -0.39 is 22.8 Å². The lowest BCUT2D eigenvalue weighted by atomic mass is 10.0. The van der Waals surface area contributed by atoms with E-state index in [1.54, 1.807) is 0 Å². The number of alkyl halides is 4. The number of aromatic hydroxyl groups is 1. The number of carbonyl (C=O) groups is 1. The zero-order valence-electron chi connectivity index (χ0n) is 9.03. The Morgan fingerprint density at radius 1 is 1.37 bits per heavy atom. The van der Waals surface area contributed by atoms with Crippen molar-refractivity contribution in [2.24, 2.45) is 0 Å². The van der Waals surface area contributed by atoms with Crippen LogP contribution in [0.25, 0.3) is 6.08 Å². The molecule has 2 rings (SSSR count). The summed E-state index contributed by atoms with van der Waals surface area (Å²) in [5.74, 6) is -2.37. The lowest BCUT2D eigenvalue weighted by Crippen LogP contribution is -2.50. The van der Waals surface area contributed by atoms with Crippen LogP contribution in [0.2, 0.25) is 0 Å². The van der Waals surface area contributed by atoms with E-state index in [4.69, 9.17) is 16.7 Å². The SMILES string of the molecule is O=C(O)C1=Cc2cc(O)ccc2OC1(Cl)C(F)(F)F.